The van der Waals surface area contributed by atoms with Gasteiger partial charge in [-0.2, -0.15) is 0 Å². The Morgan fingerprint density at radius 1 is 1.12 bits per heavy atom. The van der Waals surface area contributed by atoms with E-state index >= 15 is 0 Å². The molecule has 1 aromatic heterocycles. The summed E-state index contributed by atoms with van der Waals surface area (Å²) in [7, 11) is 0. The molecule has 1 aromatic carbocycles. The minimum absolute atomic E-state index is 0.0313. The van der Waals surface area contributed by atoms with Crippen molar-refractivity contribution >= 4 is 59.1 Å². The normalized spacial score (nSPS) is 12.7. The first kappa shape index (κ1) is 13.7. The summed E-state index contributed by atoms with van der Waals surface area (Å²) < 4.78 is 3.13. The number of hydrogen-bond acceptors (Lipinski definition) is 3. The van der Waals surface area contributed by atoms with Crippen LogP contribution < -0.4 is 11.3 Å². The second kappa shape index (κ2) is 5.95. The van der Waals surface area contributed by atoms with Gasteiger partial charge in [0.2, 0.25) is 0 Å². The van der Waals surface area contributed by atoms with E-state index in [1.54, 1.807) is 11.3 Å². The molecule has 1 atom stereocenters. The number of halogens is 3. The second-order valence-electron chi connectivity index (χ2n) is 3.40. The summed E-state index contributed by atoms with van der Waals surface area (Å²) in [6.07, 6.45) is 0. The van der Waals surface area contributed by atoms with Crippen molar-refractivity contribution < 1.29 is 0 Å². The Labute approximate surface area is 129 Å². The molecule has 0 saturated carbocycles. The fraction of sp³-hybridized carbons (Fsp3) is 0.0909. The van der Waals surface area contributed by atoms with Crippen molar-refractivity contribution in [2.75, 3.05) is 0 Å². The summed E-state index contributed by atoms with van der Waals surface area (Å²) in [5.74, 6) is 5.68. The number of thiophene rings is 1. The molecule has 2 nitrogen and oxygen atoms in total. The standard InChI is InChI=1S/C11H9Br3N2S/c12-6-1-2-8(13)7(5-6)10(16-15)11-9(14)3-4-17-11/h1-5,10,16H,15H2. The van der Waals surface area contributed by atoms with Crippen molar-refractivity contribution in [2.45, 2.75) is 6.04 Å². The Balaban J connectivity index is 2.49. The SMILES string of the molecule is NNC(c1cc(Br)ccc1Br)c1sccc1Br. The van der Waals surface area contributed by atoms with E-state index < -0.39 is 0 Å². The zero-order valence-electron chi connectivity index (χ0n) is 8.58. The molecule has 0 aliphatic heterocycles. The van der Waals surface area contributed by atoms with Crippen LogP contribution in [0.15, 0.2) is 43.1 Å². The van der Waals surface area contributed by atoms with Crippen LogP contribution in [0, 0.1) is 0 Å². The van der Waals surface area contributed by atoms with Crippen LogP contribution in [-0.2, 0) is 0 Å². The Hall–Kier alpha value is 0.280. The summed E-state index contributed by atoms with van der Waals surface area (Å²) in [6, 6.07) is 8.05. The Morgan fingerprint density at radius 3 is 2.47 bits per heavy atom. The summed E-state index contributed by atoms with van der Waals surface area (Å²) >= 11 is 12.2. The molecule has 6 heteroatoms. The van der Waals surface area contributed by atoms with Crippen molar-refractivity contribution in [3.63, 3.8) is 0 Å². The average molecular weight is 441 g/mol. The van der Waals surface area contributed by atoms with Crippen LogP contribution in [0.5, 0.6) is 0 Å². The van der Waals surface area contributed by atoms with Crippen molar-refractivity contribution in [2.24, 2.45) is 5.84 Å². The summed E-state index contributed by atoms with van der Waals surface area (Å²) in [6.45, 7) is 0. The molecule has 2 aromatic rings. The maximum absolute atomic E-state index is 5.68. The molecule has 2 rings (SSSR count). The van der Waals surface area contributed by atoms with Gasteiger partial charge >= 0.3 is 0 Å². The maximum atomic E-state index is 5.68. The van der Waals surface area contributed by atoms with Crippen LogP contribution in [-0.4, -0.2) is 0 Å². The van der Waals surface area contributed by atoms with Crippen molar-refractivity contribution in [1.29, 1.82) is 0 Å². The molecule has 0 spiro atoms. The van der Waals surface area contributed by atoms with Crippen LogP contribution in [0.1, 0.15) is 16.5 Å². The van der Waals surface area contributed by atoms with E-state index in [2.05, 4.69) is 59.3 Å². The van der Waals surface area contributed by atoms with Gasteiger partial charge in [0.25, 0.3) is 0 Å². The van der Waals surface area contributed by atoms with Gasteiger partial charge in [-0.05, 0) is 51.1 Å². The number of hydrazine groups is 1. The summed E-state index contributed by atoms with van der Waals surface area (Å²) in [5, 5.41) is 2.04. The lowest BCUT2D eigenvalue weighted by atomic mass is 10.1. The number of nitrogens with two attached hydrogens (primary N) is 1. The van der Waals surface area contributed by atoms with Gasteiger partial charge < -0.3 is 0 Å². The van der Waals surface area contributed by atoms with Gasteiger partial charge in [0.1, 0.15) is 0 Å². The van der Waals surface area contributed by atoms with Crippen LogP contribution in [0.25, 0.3) is 0 Å². The topological polar surface area (TPSA) is 38.0 Å². The summed E-state index contributed by atoms with van der Waals surface area (Å²) in [5.41, 5.74) is 3.96. The van der Waals surface area contributed by atoms with Gasteiger partial charge in [-0.3, -0.25) is 5.84 Å². The van der Waals surface area contributed by atoms with E-state index in [0.29, 0.717) is 0 Å². The predicted molar refractivity (Wildman–Crippen MR) is 83.0 cm³/mol. The highest BCUT2D eigenvalue weighted by atomic mass is 79.9. The molecule has 17 heavy (non-hydrogen) atoms. The summed E-state index contributed by atoms with van der Waals surface area (Å²) in [4.78, 5) is 1.16. The van der Waals surface area contributed by atoms with E-state index in [1.807, 2.05) is 23.6 Å². The van der Waals surface area contributed by atoms with Crippen LogP contribution >= 0.6 is 59.1 Å². The minimum atomic E-state index is -0.0313. The number of hydrogen-bond donors (Lipinski definition) is 2. The first-order valence-corrected chi connectivity index (χ1v) is 8.03. The molecule has 1 heterocycles. The molecular weight excluding hydrogens is 432 g/mol. The second-order valence-corrected chi connectivity index (χ2v) is 6.97. The lowest BCUT2D eigenvalue weighted by Crippen LogP contribution is -2.28. The third kappa shape index (κ3) is 3.00. The van der Waals surface area contributed by atoms with Gasteiger partial charge in [0.15, 0.2) is 0 Å². The zero-order chi connectivity index (χ0) is 12.4. The number of rotatable bonds is 3. The highest BCUT2D eigenvalue weighted by molar-refractivity contribution is 9.11. The Bertz CT molecular complexity index is 527. The van der Waals surface area contributed by atoms with Crippen molar-refractivity contribution in [1.82, 2.24) is 5.43 Å². The van der Waals surface area contributed by atoms with Crippen LogP contribution in [0.2, 0.25) is 0 Å². The quantitative estimate of drug-likeness (QED) is 0.541. The molecule has 0 aliphatic rings. The van der Waals surface area contributed by atoms with Crippen LogP contribution in [0.4, 0.5) is 0 Å². The fourth-order valence-electron chi connectivity index (χ4n) is 1.55. The smallest absolute Gasteiger partial charge is 0.0825 e. The van der Waals surface area contributed by atoms with Crippen molar-refractivity contribution in [3.05, 3.63) is 53.5 Å². The first-order valence-electron chi connectivity index (χ1n) is 4.77. The molecule has 0 amide bonds. The molecule has 0 bridgehead atoms. The third-order valence-corrected chi connectivity index (χ3v) is 5.49. The molecule has 1 unspecified atom stereocenters. The van der Waals surface area contributed by atoms with Gasteiger partial charge in [-0.15, -0.1) is 11.3 Å². The zero-order valence-corrected chi connectivity index (χ0v) is 14.2. The Kier molecular flexibility index (Phi) is 4.80. The van der Waals surface area contributed by atoms with Gasteiger partial charge in [-0.1, -0.05) is 31.9 Å². The van der Waals surface area contributed by atoms with E-state index in [1.165, 1.54) is 0 Å². The largest absolute Gasteiger partial charge is 0.271 e. The van der Waals surface area contributed by atoms with Gasteiger partial charge in [0, 0.05) is 18.3 Å². The third-order valence-electron chi connectivity index (χ3n) is 2.34. The maximum Gasteiger partial charge on any atom is 0.0825 e. The highest BCUT2D eigenvalue weighted by Gasteiger charge is 2.19. The van der Waals surface area contributed by atoms with E-state index in [-0.39, 0.29) is 6.04 Å². The number of benzene rings is 1. The number of nitrogens with one attached hydrogen (secondary N) is 1. The lowest BCUT2D eigenvalue weighted by molar-refractivity contribution is 0.642. The van der Waals surface area contributed by atoms with E-state index in [0.717, 1.165) is 23.9 Å². The monoisotopic (exact) mass is 438 g/mol. The van der Waals surface area contributed by atoms with E-state index in [4.69, 9.17) is 5.84 Å². The van der Waals surface area contributed by atoms with Gasteiger partial charge in [0.05, 0.1) is 6.04 Å². The molecule has 0 saturated heterocycles. The fourth-order valence-corrected chi connectivity index (χ4v) is 4.09. The predicted octanol–water partition coefficient (Wildman–Crippen LogP) is 4.59. The molecule has 0 radical (unpaired) electrons. The molecule has 3 N–H and O–H groups in total. The molecule has 0 fully saturated rings. The van der Waals surface area contributed by atoms with Crippen molar-refractivity contribution in [3.8, 4) is 0 Å². The lowest BCUT2D eigenvalue weighted by Gasteiger charge is -2.17. The molecular formula is C11H9Br3N2S. The molecule has 0 aliphatic carbocycles. The Morgan fingerprint density at radius 2 is 1.88 bits per heavy atom. The highest BCUT2D eigenvalue weighted by Crippen LogP contribution is 2.36. The molecule has 90 valence electrons. The van der Waals surface area contributed by atoms with E-state index in [9.17, 15) is 0 Å². The minimum Gasteiger partial charge on any atom is -0.271 e. The average Bonchev–Trinajstić information content (AvgIpc) is 2.71. The van der Waals surface area contributed by atoms with Crippen LogP contribution in [0.3, 0.4) is 0 Å². The first-order chi connectivity index (χ1) is 8.13. The van der Waals surface area contributed by atoms with Gasteiger partial charge in [-0.25, -0.2) is 5.43 Å².